The lowest BCUT2D eigenvalue weighted by molar-refractivity contribution is -0.119. The molecule has 2 N–H and O–H groups in total. The van der Waals surface area contributed by atoms with Gasteiger partial charge in [0.25, 0.3) is 5.91 Å². The highest BCUT2D eigenvalue weighted by Crippen LogP contribution is 2.29. The third-order valence-corrected chi connectivity index (χ3v) is 6.13. The summed E-state index contributed by atoms with van der Waals surface area (Å²) in [6.45, 7) is 1.60. The average Bonchev–Trinajstić information content (AvgIpc) is 3.06. The van der Waals surface area contributed by atoms with Crippen molar-refractivity contribution in [3.8, 4) is 0 Å². The number of hydrogen-bond donors (Lipinski definition) is 2. The van der Waals surface area contributed by atoms with Crippen LogP contribution in [-0.2, 0) is 9.59 Å². The fourth-order valence-corrected chi connectivity index (χ4v) is 4.25. The number of carbonyl (C=O) groups is 2. The van der Waals surface area contributed by atoms with Gasteiger partial charge in [-0.1, -0.05) is 6.07 Å². The number of nitrogens with one attached hydrogen (secondary N) is 2. The van der Waals surface area contributed by atoms with E-state index in [-0.39, 0.29) is 17.6 Å². The SMILES string of the molecule is CSc1cccc(NC(=O)CN2CCC3(CC2)N=C(c2ccc(F)cc2)C(=O)N3)c1. The Morgan fingerprint density at radius 2 is 1.97 bits per heavy atom. The molecule has 0 unspecified atom stereocenters. The van der Waals surface area contributed by atoms with E-state index >= 15 is 0 Å². The van der Waals surface area contributed by atoms with E-state index in [4.69, 9.17) is 0 Å². The fraction of sp³-hybridized carbons (Fsp3) is 0.318. The highest BCUT2D eigenvalue weighted by molar-refractivity contribution is 7.98. The van der Waals surface area contributed by atoms with Crippen molar-refractivity contribution in [1.82, 2.24) is 10.2 Å². The third kappa shape index (κ3) is 4.55. The first-order chi connectivity index (χ1) is 14.5. The molecule has 2 heterocycles. The second kappa shape index (κ2) is 8.57. The van der Waals surface area contributed by atoms with Crippen LogP contribution in [0.25, 0.3) is 0 Å². The molecule has 2 aliphatic heterocycles. The van der Waals surface area contributed by atoms with Gasteiger partial charge >= 0.3 is 0 Å². The summed E-state index contributed by atoms with van der Waals surface area (Å²) in [5.41, 5.74) is 1.10. The van der Waals surface area contributed by atoms with E-state index in [2.05, 4.69) is 20.5 Å². The van der Waals surface area contributed by atoms with Crippen molar-refractivity contribution in [2.45, 2.75) is 23.4 Å². The van der Waals surface area contributed by atoms with Gasteiger partial charge in [-0.25, -0.2) is 4.39 Å². The van der Waals surface area contributed by atoms with E-state index in [0.29, 0.717) is 43.8 Å². The number of nitrogens with zero attached hydrogens (tertiary/aromatic N) is 2. The van der Waals surface area contributed by atoms with Gasteiger partial charge in [0.1, 0.15) is 17.2 Å². The van der Waals surface area contributed by atoms with Crippen LogP contribution in [0.1, 0.15) is 18.4 Å². The van der Waals surface area contributed by atoms with Gasteiger partial charge in [-0.2, -0.15) is 0 Å². The van der Waals surface area contributed by atoms with E-state index in [1.807, 2.05) is 30.5 Å². The number of rotatable bonds is 5. The van der Waals surface area contributed by atoms with Gasteiger partial charge in [-0.15, -0.1) is 11.8 Å². The number of likely N-dealkylation sites (tertiary alicyclic amines) is 1. The van der Waals surface area contributed by atoms with Crippen molar-refractivity contribution in [2.75, 3.05) is 31.2 Å². The van der Waals surface area contributed by atoms with Gasteiger partial charge in [-0.3, -0.25) is 19.5 Å². The predicted molar refractivity (Wildman–Crippen MR) is 116 cm³/mol. The molecule has 1 spiro atoms. The summed E-state index contributed by atoms with van der Waals surface area (Å²) < 4.78 is 13.2. The number of piperidine rings is 1. The predicted octanol–water partition coefficient (Wildman–Crippen LogP) is 2.90. The van der Waals surface area contributed by atoms with E-state index in [1.165, 1.54) is 12.1 Å². The second-order valence-corrected chi connectivity index (χ2v) is 8.39. The first kappa shape index (κ1) is 20.6. The van der Waals surface area contributed by atoms with Crippen LogP contribution in [0.15, 0.2) is 58.4 Å². The minimum atomic E-state index is -0.638. The Balaban J connectivity index is 1.35. The van der Waals surface area contributed by atoms with E-state index in [9.17, 15) is 14.0 Å². The number of benzene rings is 2. The number of amides is 2. The molecule has 4 rings (SSSR count). The highest BCUT2D eigenvalue weighted by atomic mass is 32.2. The lowest BCUT2D eigenvalue weighted by atomic mass is 9.98. The lowest BCUT2D eigenvalue weighted by Crippen LogP contribution is -2.52. The Kier molecular flexibility index (Phi) is 5.87. The summed E-state index contributed by atoms with van der Waals surface area (Å²) >= 11 is 1.63. The molecule has 6 nitrogen and oxygen atoms in total. The molecule has 2 aromatic carbocycles. The minimum Gasteiger partial charge on any atom is -0.326 e. The maximum atomic E-state index is 13.2. The Labute approximate surface area is 178 Å². The minimum absolute atomic E-state index is 0.0600. The molecule has 2 amide bonds. The van der Waals surface area contributed by atoms with Gasteiger partial charge in [-0.05, 0) is 48.7 Å². The molecular formula is C22H23FN4O2S. The van der Waals surface area contributed by atoms with Crippen molar-refractivity contribution in [2.24, 2.45) is 4.99 Å². The molecule has 0 atom stereocenters. The van der Waals surface area contributed by atoms with E-state index < -0.39 is 5.66 Å². The maximum absolute atomic E-state index is 13.2. The molecule has 0 radical (unpaired) electrons. The first-order valence-corrected chi connectivity index (χ1v) is 11.0. The Hall–Kier alpha value is -2.71. The number of anilines is 1. The summed E-state index contributed by atoms with van der Waals surface area (Å²) in [6, 6.07) is 13.5. The topological polar surface area (TPSA) is 73.8 Å². The third-order valence-electron chi connectivity index (χ3n) is 5.41. The highest BCUT2D eigenvalue weighted by Gasteiger charge is 2.42. The molecule has 2 aromatic rings. The quantitative estimate of drug-likeness (QED) is 0.721. The van der Waals surface area contributed by atoms with Crippen LogP contribution in [0.4, 0.5) is 10.1 Å². The zero-order valence-electron chi connectivity index (χ0n) is 16.7. The number of carbonyl (C=O) groups excluding carboxylic acids is 2. The van der Waals surface area contributed by atoms with Crippen LogP contribution in [0, 0.1) is 5.82 Å². The van der Waals surface area contributed by atoms with E-state index in [0.717, 1.165) is 10.6 Å². The summed E-state index contributed by atoms with van der Waals surface area (Å²) in [6.07, 6.45) is 3.24. The zero-order valence-corrected chi connectivity index (χ0v) is 17.5. The molecule has 30 heavy (non-hydrogen) atoms. The summed E-state index contributed by atoms with van der Waals surface area (Å²) in [5, 5.41) is 5.94. The van der Waals surface area contributed by atoms with Crippen LogP contribution in [0.5, 0.6) is 0 Å². The zero-order chi connectivity index (χ0) is 21.1. The monoisotopic (exact) mass is 426 g/mol. The Morgan fingerprint density at radius 1 is 1.23 bits per heavy atom. The van der Waals surface area contributed by atoms with E-state index in [1.54, 1.807) is 23.9 Å². The Bertz CT molecular complexity index is 985. The average molecular weight is 427 g/mol. The van der Waals surface area contributed by atoms with Gasteiger partial charge in [0, 0.05) is 42.1 Å². The Morgan fingerprint density at radius 3 is 2.67 bits per heavy atom. The van der Waals surface area contributed by atoms with Crippen molar-refractivity contribution in [3.63, 3.8) is 0 Å². The van der Waals surface area contributed by atoms with Gasteiger partial charge in [0.2, 0.25) is 5.91 Å². The molecule has 1 fully saturated rings. The van der Waals surface area contributed by atoms with Gasteiger partial charge in [0.15, 0.2) is 0 Å². The summed E-state index contributed by atoms with van der Waals surface area (Å²) in [4.78, 5) is 32.7. The van der Waals surface area contributed by atoms with Crippen LogP contribution >= 0.6 is 11.8 Å². The van der Waals surface area contributed by atoms with Crippen molar-refractivity contribution >= 4 is 35.0 Å². The fourth-order valence-electron chi connectivity index (χ4n) is 3.79. The number of hydrogen-bond acceptors (Lipinski definition) is 5. The van der Waals surface area contributed by atoms with Gasteiger partial charge < -0.3 is 10.6 Å². The van der Waals surface area contributed by atoms with Crippen LogP contribution in [0.2, 0.25) is 0 Å². The molecule has 156 valence electrons. The smallest absolute Gasteiger partial charge is 0.272 e. The van der Waals surface area contributed by atoms with Crippen LogP contribution < -0.4 is 10.6 Å². The molecule has 0 saturated carbocycles. The second-order valence-electron chi connectivity index (χ2n) is 7.51. The summed E-state index contributed by atoms with van der Waals surface area (Å²) in [5.74, 6) is -0.643. The normalized spacial score (nSPS) is 18.2. The van der Waals surface area contributed by atoms with Crippen molar-refractivity contribution < 1.29 is 14.0 Å². The first-order valence-electron chi connectivity index (χ1n) is 9.81. The van der Waals surface area contributed by atoms with Crippen LogP contribution in [-0.4, -0.2) is 54.0 Å². The number of aliphatic imine (C=N–C) groups is 1. The summed E-state index contributed by atoms with van der Waals surface area (Å²) in [7, 11) is 0. The molecule has 0 aliphatic carbocycles. The standard InChI is InChI=1S/C22H23FN4O2S/c1-30-18-4-2-3-17(13-18)24-19(28)14-27-11-9-22(10-12-27)25-20(21(29)26-22)15-5-7-16(23)8-6-15/h2-8,13H,9-12,14H2,1H3,(H,24,28)(H,26,29). The molecule has 1 saturated heterocycles. The molecule has 0 bridgehead atoms. The molecular weight excluding hydrogens is 403 g/mol. The number of thioether (sulfide) groups is 1. The molecule has 8 heteroatoms. The molecule has 2 aliphatic rings. The largest absolute Gasteiger partial charge is 0.326 e. The number of halogens is 1. The van der Waals surface area contributed by atoms with Crippen molar-refractivity contribution in [1.29, 1.82) is 0 Å². The van der Waals surface area contributed by atoms with Crippen LogP contribution in [0.3, 0.4) is 0 Å². The molecule has 0 aromatic heterocycles. The van der Waals surface area contributed by atoms with Gasteiger partial charge in [0.05, 0.1) is 6.54 Å². The maximum Gasteiger partial charge on any atom is 0.272 e. The lowest BCUT2D eigenvalue weighted by Gasteiger charge is -2.36. The van der Waals surface area contributed by atoms with Crippen molar-refractivity contribution in [3.05, 3.63) is 59.9 Å².